The van der Waals surface area contributed by atoms with Crippen molar-refractivity contribution >= 4 is 35.0 Å². The Morgan fingerprint density at radius 3 is 2.31 bits per heavy atom. The molecule has 8 nitrogen and oxygen atoms in total. The lowest BCUT2D eigenvalue weighted by atomic mass is 9.93. The number of benzene rings is 3. The van der Waals surface area contributed by atoms with Crippen LogP contribution in [0.25, 0.3) is 11.8 Å². The number of aromatic nitrogens is 1. The quantitative estimate of drug-likeness (QED) is 0.275. The summed E-state index contributed by atoms with van der Waals surface area (Å²) in [6.45, 7) is 3.62. The number of hydrogen-bond acceptors (Lipinski definition) is 8. The Bertz CT molecular complexity index is 1810. The van der Waals surface area contributed by atoms with E-state index >= 15 is 0 Å². The van der Waals surface area contributed by atoms with Crippen LogP contribution in [0.15, 0.2) is 94.2 Å². The zero-order valence-electron chi connectivity index (χ0n) is 22.9. The molecule has 0 unspecified atom stereocenters. The Balaban J connectivity index is 1.63. The van der Waals surface area contributed by atoms with E-state index in [0.717, 1.165) is 5.56 Å². The second kappa shape index (κ2) is 12.8. The van der Waals surface area contributed by atoms with Crippen LogP contribution < -0.4 is 19.6 Å². The van der Waals surface area contributed by atoms with Crippen molar-refractivity contribution in [2.24, 2.45) is 4.99 Å². The van der Waals surface area contributed by atoms with Crippen LogP contribution in [0, 0.1) is 5.82 Å². The molecule has 2 heterocycles. The fraction of sp³-hybridized carbons (Fsp3) is 0.188. The Kier molecular flexibility index (Phi) is 8.73. The minimum atomic E-state index is -0.892. The predicted molar refractivity (Wildman–Crippen MR) is 156 cm³/mol. The van der Waals surface area contributed by atoms with Gasteiger partial charge in [-0.05, 0) is 55.3 Å². The van der Waals surface area contributed by atoms with E-state index in [9.17, 15) is 18.8 Å². The van der Waals surface area contributed by atoms with Crippen molar-refractivity contribution in [2.75, 3.05) is 19.8 Å². The smallest absolute Gasteiger partial charge is 0.344 e. The maximum absolute atomic E-state index is 13.9. The minimum absolute atomic E-state index is 0.129. The van der Waals surface area contributed by atoms with Crippen molar-refractivity contribution in [1.82, 2.24) is 4.57 Å². The number of carbonyl (C=O) groups excluding carboxylic acids is 2. The summed E-state index contributed by atoms with van der Waals surface area (Å²) in [6.07, 6.45) is 1.72. The van der Waals surface area contributed by atoms with Gasteiger partial charge >= 0.3 is 11.9 Å². The lowest BCUT2D eigenvalue weighted by Gasteiger charge is -2.25. The highest BCUT2D eigenvalue weighted by Crippen LogP contribution is 2.35. The average Bonchev–Trinajstić information content (AvgIpc) is 3.31. The van der Waals surface area contributed by atoms with Crippen LogP contribution in [0.4, 0.5) is 4.39 Å². The highest BCUT2D eigenvalue weighted by Gasteiger charge is 2.35. The zero-order valence-corrected chi connectivity index (χ0v) is 23.7. The summed E-state index contributed by atoms with van der Waals surface area (Å²) < 4.78 is 31.5. The predicted octanol–water partition coefficient (Wildman–Crippen LogP) is 4.02. The largest absolute Gasteiger partial charge is 0.482 e. The monoisotopic (exact) mass is 586 g/mol. The first-order valence-electron chi connectivity index (χ1n) is 13.3. The molecule has 0 spiro atoms. The van der Waals surface area contributed by atoms with Crippen molar-refractivity contribution in [3.05, 3.63) is 127 Å². The number of hydrogen-bond donors (Lipinski definition) is 0. The minimum Gasteiger partial charge on any atom is -0.482 e. The third-order valence-electron chi connectivity index (χ3n) is 6.40. The molecule has 3 aromatic carbocycles. The van der Waals surface area contributed by atoms with Gasteiger partial charge in [-0.15, -0.1) is 0 Å². The van der Waals surface area contributed by atoms with Crippen LogP contribution in [-0.2, 0) is 19.1 Å². The fourth-order valence-electron chi connectivity index (χ4n) is 4.56. The van der Waals surface area contributed by atoms with Crippen molar-refractivity contribution in [2.45, 2.75) is 19.9 Å². The summed E-state index contributed by atoms with van der Waals surface area (Å²) in [6, 6.07) is 20.9. The molecule has 4 aromatic rings. The molecule has 0 N–H and O–H groups in total. The van der Waals surface area contributed by atoms with E-state index < -0.39 is 23.8 Å². The first-order valence-corrected chi connectivity index (χ1v) is 14.1. The van der Waals surface area contributed by atoms with Gasteiger partial charge in [-0.25, -0.2) is 19.0 Å². The van der Waals surface area contributed by atoms with Gasteiger partial charge < -0.3 is 14.2 Å². The lowest BCUT2D eigenvalue weighted by Crippen LogP contribution is -2.40. The number of rotatable bonds is 9. The van der Waals surface area contributed by atoms with Crippen LogP contribution in [0.1, 0.15) is 36.6 Å². The summed E-state index contributed by atoms with van der Waals surface area (Å²) in [5.41, 5.74) is 2.16. The van der Waals surface area contributed by atoms with E-state index in [1.165, 1.54) is 28.0 Å². The number of fused-ring (bicyclic) bond motifs is 1. The Morgan fingerprint density at radius 2 is 1.64 bits per heavy atom. The van der Waals surface area contributed by atoms with E-state index in [1.807, 2.05) is 30.3 Å². The van der Waals surface area contributed by atoms with Crippen molar-refractivity contribution in [1.29, 1.82) is 0 Å². The van der Waals surface area contributed by atoms with Crippen molar-refractivity contribution < 1.29 is 28.2 Å². The highest BCUT2D eigenvalue weighted by molar-refractivity contribution is 7.07. The van der Waals surface area contributed by atoms with Crippen LogP contribution >= 0.6 is 11.3 Å². The van der Waals surface area contributed by atoms with Gasteiger partial charge in [0.05, 0.1) is 35.1 Å². The molecule has 0 bridgehead atoms. The molecule has 0 aliphatic carbocycles. The molecule has 1 aromatic heterocycles. The molecule has 0 saturated heterocycles. The third kappa shape index (κ3) is 6.08. The van der Waals surface area contributed by atoms with E-state index in [-0.39, 0.29) is 31.0 Å². The van der Waals surface area contributed by atoms with E-state index in [1.54, 1.807) is 56.3 Å². The Morgan fingerprint density at radius 1 is 0.952 bits per heavy atom. The molecule has 0 fully saturated rings. The summed E-state index contributed by atoms with van der Waals surface area (Å²) in [7, 11) is 0. The molecular weight excluding hydrogens is 559 g/mol. The summed E-state index contributed by atoms with van der Waals surface area (Å²) >= 11 is 1.18. The number of ether oxygens (including phenoxy) is 3. The van der Waals surface area contributed by atoms with Crippen molar-refractivity contribution in [3.8, 4) is 5.75 Å². The Labute approximate surface area is 244 Å². The maximum atomic E-state index is 13.9. The van der Waals surface area contributed by atoms with Crippen LogP contribution in [0.5, 0.6) is 5.75 Å². The maximum Gasteiger partial charge on any atom is 0.344 e. The average molecular weight is 587 g/mol. The molecule has 5 rings (SSSR count). The van der Waals surface area contributed by atoms with Crippen molar-refractivity contribution in [3.63, 3.8) is 0 Å². The normalized spacial score (nSPS) is 14.6. The molecule has 42 heavy (non-hydrogen) atoms. The molecule has 1 aliphatic heterocycles. The lowest BCUT2D eigenvalue weighted by molar-refractivity contribution is -0.145. The van der Waals surface area contributed by atoms with Crippen LogP contribution in [0.3, 0.4) is 0 Å². The van der Waals surface area contributed by atoms with Gasteiger partial charge in [0, 0.05) is 5.56 Å². The molecule has 1 atom stereocenters. The zero-order chi connectivity index (χ0) is 29.6. The van der Waals surface area contributed by atoms with Gasteiger partial charge in [-0.3, -0.25) is 9.36 Å². The molecule has 10 heteroatoms. The number of nitrogens with zero attached hydrogens (tertiary/aromatic N) is 2. The topological polar surface area (TPSA) is 96.2 Å². The second-order valence-corrected chi connectivity index (χ2v) is 10.2. The first-order chi connectivity index (χ1) is 20.4. The van der Waals surface area contributed by atoms with E-state index in [0.29, 0.717) is 31.9 Å². The summed E-state index contributed by atoms with van der Waals surface area (Å²) in [5, 5.41) is 0. The highest BCUT2D eigenvalue weighted by atomic mass is 32.1. The van der Waals surface area contributed by atoms with Gasteiger partial charge in [0.15, 0.2) is 11.4 Å². The number of carbonyl (C=O) groups is 2. The van der Waals surface area contributed by atoms with Gasteiger partial charge in [-0.1, -0.05) is 65.9 Å². The van der Waals surface area contributed by atoms with E-state index in [2.05, 4.69) is 0 Å². The number of esters is 2. The van der Waals surface area contributed by atoms with Crippen LogP contribution in [0.2, 0.25) is 0 Å². The molecular formula is C32H27FN2O6S. The fourth-order valence-corrected chi connectivity index (χ4v) is 5.56. The van der Waals surface area contributed by atoms with Gasteiger partial charge in [0.25, 0.3) is 5.56 Å². The van der Waals surface area contributed by atoms with Gasteiger partial charge in [0.1, 0.15) is 11.6 Å². The van der Waals surface area contributed by atoms with Crippen LogP contribution in [-0.4, -0.2) is 36.3 Å². The molecule has 0 radical (unpaired) electrons. The molecule has 0 amide bonds. The standard InChI is InChI=1S/C32H27FN2O6S/c1-3-39-26(36)19-41-24-16-10-20(11-17-24)18-25-30(37)35-29(22-12-14-23(33)15-13-22)27(31(38)40-4-2)28(34-32(35)42-25)21-8-6-5-7-9-21/h5-18,29H,3-4,19H2,1-2H3/b25-18-/t29-/m0/s1. The van der Waals surface area contributed by atoms with Gasteiger partial charge in [0.2, 0.25) is 0 Å². The number of halogens is 1. The summed E-state index contributed by atoms with van der Waals surface area (Å²) in [4.78, 5) is 44.1. The first kappa shape index (κ1) is 28.7. The molecule has 1 aliphatic rings. The second-order valence-electron chi connectivity index (χ2n) is 9.15. The number of thiazole rings is 1. The summed E-state index contributed by atoms with van der Waals surface area (Å²) in [5.74, 6) is -1.03. The van der Waals surface area contributed by atoms with E-state index in [4.69, 9.17) is 19.2 Å². The molecule has 214 valence electrons. The third-order valence-corrected chi connectivity index (χ3v) is 7.38. The van der Waals surface area contributed by atoms with Gasteiger partial charge in [-0.2, -0.15) is 0 Å². The molecule has 0 saturated carbocycles. The SMILES string of the molecule is CCOC(=O)COc1ccc(/C=c2\sc3n(c2=O)[C@@H](c2ccc(F)cc2)C(C(=O)OCC)=C(c2ccccc2)N=3)cc1. The Hall–Kier alpha value is -4.83.